The average molecular weight is 224 g/mol. The Labute approximate surface area is 92.1 Å². The van der Waals surface area contributed by atoms with Gasteiger partial charge >= 0.3 is 0 Å². The number of aliphatic hydroxyl groups is 1. The quantitative estimate of drug-likeness (QED) is 0.842. The maximum Gasteiger partial charge on any atom is 0.107 e. The molecule has 0 aliphatic rings. The van der Waals surface area contributed by atoms with Gasteiger partial charge in [0.1, 0.15) is 11.4 Å². The highest BCUT2D eigenvalue weighted by molar-refractivity contribution is 6.33. The zero-order valence-electron chi connectivity index (χ0n) is 8.18. The van der Waals surface area contributed by atoms with E-state index in [1.807, 2.05) is 18.2 Å². The predicted molar refractivity (Wildman–Crippen MR) is 57.4 cm³/mol. The third-order valence-electron chi connectivity index (χ3n) is 2.11. The van der Waals surface area contributed by atoms with Gasteiger partial charge in [0.05, 0.1) is 17.3 Å². The van der Waals surface area contributed by atoms with E-state index in [9.17, 15) is 0 Å². The van der Waals surface area contributed by atoms with Crippen LogP contribution in [-0.4, -0.2) is 19.9 Å². The maximum atomic E-state index is 9.02. The van der Waals surface area contributed by atoms with Crippen molar-refractivity contribution in [3.63, 3.8) is 0 Å². The van der Waals surface area contributed by atoms with Crippen LogP contribution in [-0.2, 0) is 13.7 Å². The highest BCUT2D eigenvalue weighted by Crippen LogP contribution is 2.28. The van der Waals surface area contributed by atoms with E-state index >= 15 is 0 Å². The molecule has 0 aromatic carbocycles. The van der Waals surface area contributed by atoms with Crippen LogP contribution in [0.4, 0.5) is 0 Å². The number of hydrogen-bond donors (Lipinski definition) is 1. The van der Waals surface area contributed by atoms with E-state index in [0.29, 0.717) is 10.7 Å². The van der Waals surface area contributed by atoms with Gasteiger partial charge < -0.3 is 5.11 Å². The lowest BCUT2D eigenvalue weighted by Gasteiger charge is -2.00. The first-order valence-corrected chi connectivity index (χ1v) is 4.85. The number of nitrogens with zero attached hydrogens (tertiary/aromatic N) is 3. The Balaban J connectivity index is 2.58. The summed E-state index contributed by atoms with van der Waals surface area (Å²) in [6.07, 6.45) is 1.69. The van der Waals surface area contributed by atoms with Crippen molar-refractivity contribution < 1.29 is 5.11 Å². The van der Waals surface area contributed by atoms with E-state index in [-0.39, 0.29) is 6.61 Å². The van der Waals surface area contributed by atoms with Gasteiger partial charge in [0.15, 0.2) is 0 Å². The van der Waals surface area contributed by atoms with Gasteiger partial charge in [-0.1, -0.05) is 17.7 Å². The summed E-state index contributed by atoms with van der Waals surface area (Å²) in [4.78, 5) is 4.19. The van der Waals surface area contributed by atoms with Crippen molar-refractivity contribution in [2.45, 2.75) is 6.61 Å². The van der Waals surface area contributed by atoms with Gasteiger partial charge in [0, 0.05) is 13.2 Å². The summed E-state index contributed by atoms with van der Waals surface area (Å²) in [6, 6.07) is 5.56. The van der Waals surface area contributed by atoms with E-state index in [4.69, 9.17) is 16.7 Å². The smallest absolute Gasteiger partial charge is 0.107 e. The van der Waals surface area contributed by atoms with Crippen molar-refractivity contribution in [2.75, 3.05) is 0 Å². The second kappa shape index (κ2) is 4.00. The Morgan fingerprint density at radius 2 is 2.27 bits per heavy atom. The van der Waals surface area contributed by atoms with Gasteiger partial charge in [-0.25, -0.2) is 0 Å². The molecule has 0 saturated carbocycles. The average Bonchev–Trinajstić information content (AvgIpc) is 2.55. The van der Waals surface area contributed by atoms with E-state index < -0.39 is 0 Å². The minimum atomic E-state index is -0.167. The standard InChI is InChI=1S/C10H10ClN3O/c1-14-10(7-4-2-3-5-12-7)9(11)8(6-15)13-14/h2-5,15H,6H2,1H3. The van der Waals surface area contributed by atoms with Crippen molar-refractivity contribution in [3.8, 4) is 11.4 Å². The zero-order valence-corrected chi connectivity index (χ0v) is 8.94. The van der Waals surface area contributed by atoms with Crippen LogP contribution >= 0.6 is 11.6 Å². The Bertz CT molecular complexity index is 467. The predicted octanol–water partition coefficient (Wildman–Crippen LogP) is 1.63. The number of hydrogen-bond acceptors (Lipinski definition) is 3. The van der Waals surface area contributed by atoms with E-state index in [0.717, 1.165) is 11.4 Å². The van der Waals surface area contributed by atoms with Crippen LogP contribution in [0.5, 0.6) is 0 Å². The Hall–Kier alpha value is -1.39. The molecule has 0 bridgehead atoms. The largest absolute Gasteiger partial charge is 0.390 e. The first-order chi connectivity index (χ1) is 7.24. The molecule has 4 nitrogen and oxygen atoms in total. The Kier molecular flexibility index (Phi) is 2.70. The molecule has 0 spiro atoms. The molecule has 0 aliphatic carbocycles. The number of halogens is 1. The second-order valence-electron chi connectivity index (χ2n) is 3.11. The number of rotatable bonds is 2. The van der Waals surface area contributed by atoms with Crippen molar-refractivity contribution in [1.29, 1.82) is 0 Å². The summed E-state index contributed by atoms with van der Waals surface area (Å²) in [5.41, 5.74) is 1.94. The summed E-state index contributed by atoms with van der Waals surface area (Å²) < 4.78 is 1.62. The normalized spacial score (nSPS) is 10.6. The number of aromatic nitrogens is 3. The highest BCUT2D eigenvalue weighted by Gasteiger charge is 2.15. The molecule has 0 aliphatic heterocycles. The van der Waals surface area contributed by atoms with Crippen molar-refractivity contribution in [3.05, 3.63) is 35.1 Å². The van der Waals surface area contributed by atoms with Crippen LogP contribution in [0.1, 0.15) is 5.69 Å². The molecular weight excluding hydrogens is 214 g/mol. The molecule has 2 heterocycles. The van der Waals surface area contributed by atoms with Crippen LogP contribution < -0.4 is 0 Å². The molecule has 15 heavy (non-hydrogen) atoms. The summed E-state index contributed by atoms with van der Waals surface area (Å²) in [5.74, 6) is 0. The zero-order chi connectivity index (χ0) is 10.8. The third-order valence-corrected chi connectivity index (χ3v) is 2.51. The summed E-state index contributed by atoms with van der Waals surface area (Å²) in [6.45, 7) is -0.167. The van der Waals surface area contributed by atoms with Crippen LogP contribution in [0.15, 0.2) is 24.4 Å². The second-order valence-corrected chi connectivity index (χ2v) is 3.48. The first-order valence-electron chi connectivity index (χ1n) is 4.47. The third kappa shape index (κ3) is 1.73. The minimum absolute atomic E-state index is 0.167. The van der Waals surface area contributed by atoms with Gasteiger partial charge in [0.2, 0.25) is 0 Å². The van der Waals surface area contributed by atoms with Crippen LogP contribution in [0, 0.1) is 0 Å². The molecule has 0 saturated heterocycles. The van der Waals surface area contributed by atoms with Gasteiger partial charge in [-0.15, -0.1) is 0 Å². The molecule has 0 atom stereocenters. The molecule has 2 aromatic heterocycles. The molecule has 0 radical (unpaired) electrons. The van der Waals surface area contributed by atoms with Gasteiger partial charge in [-0.2, -0.15) is 5.10 Å². The number of aliphatic hydroxyl groups excluding tert-OH is 1. The van der Waals surface area contributed by atoms with Crippen LogP contribution in [0.25, 0.3) is 11.4 Å². The molecule has 2 aromatic rings. The Morgan fingerprint density at radius 3 is 2.80 bits per heavy atom. The van der Waals surface area contributed by atoms with Crippen molar-refractivity contribution >= 4 is 11.6 Å². The maximum absolute atomic E-state index is 9.02. The summed E-state index contributed by atoms with van der Waals surface area (Å²) in [5, 5.41) is 13.6. The molecule has 2 rings (SSSR count). The number of aryl methyl sites for hydroxylation is 1. The van der Waals surface area contributed by atoms with Gasteiger partial charge in [-0.3, -0.25) is 9.67 Å². The van der Waals surface area contributed by atoms with E-state index in [1.165, 1.54) is 0 Å². The van der Waals surface area contributed by atoms with Gasteiger partial charge in [0.25, 0.3) is 0 Å². The summed E-state index contributed by atoms with van der Waals surface area (Å²) in [7, 11) is 1.77. The molecule has 0 unspecified atom stereocenters. The van der Waals surface area contributed by atoms with E-state index in [2.05, 4.69) is 10.1 Å². The van der Waals surface area contributed by atoms with Crippen molar-refractivity contribution in [1.82, 2.24) is 14.8 Å². The molecule has 5 heteroatoms. The summed E-state index contributed by atoms with van der Waals surface area (Å²) >= 11 is 6.08. The lowest BCUT2D eigenvalue weighted by Crippen LogP contribution is -1.95. The molecule has 78 valence electrons. The first kappa shape index (κ1) is 10.1. The lowest BCUT2D eigenvalue weighted by molar-refractivity contribution is 0.275. The van der Waals surface area contributed by atoms with E-state index in [1.54, 1.807) is 17.9 Å². The van der Waals surface area contributed by atoms with Crippen LogP contribution in [0.3, 0.4) is 0 Å². The van der Waals surface area contributed by atoms with Gasteiger partial charge in [-0.05, 0) is 12.1 Å². The van der Waals surface area contributed by atoms with Crippen LogP contribution in [0.2, 0.25) is 5.02 Å². The Morgan fingerprint density at radius 1 is 1.47 bits per heavy atom. The monoisotopic (exact) mass is 223 g/mol. The SMILES string of the molecule is Cn1nc(CO)c(Cl)c1-c1ccccn1. The fourth-order valence-corrected chi connectivity index (χ4v) is 1.75. The van der Waals surface area contributed by atoms with Crippen molar-refractivity contribution in [2.24, 2.45) is 7.05 Å². The molecule has 0 fully saturated rings. The molecule has 0 amide bonds. The fourth-order valence-electron chi connectivity index (χ4n) is 1.44. The number of pyridine rings is 1. The fraction of sp³-hybridized carbons (Fsp3) is 0.200. The topological polar surface area (TPSA) is 50.9 Å². The molecular formula is C10H10ClN3O. The molecule has 1 N–H and O–H groups in total. The lowest BCUT2D eigenvalue weighted by atomic mass is 10.2. The highest BCUT2D eigenvalue weighted by atomic mass is 35.5. The minimum Gasteiger partial charge on any atom is -0.390 e.